The Bertz CT molecular complexity index is 485. The summed E-state index contributed by atoms with van der Waals surface area (Å²) in [5, 5.41) is 9.99. The van der Waals surface area contributed by atoms with E-state index in [4.69, 9.17) is 4.74 Å². The van der Waals surface area contributed by atoms with Crippen molar-refractivity contribution in [3.63, 3.8) is 0 Å². The van der Waals surface area contributed by atoms with Crippen molar-refractivity contribution >= 4 is 41.3 Å². The molecular formula is C17H33IN4OS. The second-order valence-corrected chi connectivity index (χ2v) is 7.67. The average Bonchev–Trinajstić information content (AvgIpc) is 2.88. The number of ether oxygens (including phenoxy) is 1. The van der Waals surface area contributed by atoms with Crippen LogP contribution in [-0.2, 0) is 11.2 Å². The predicted molar refractivity (Wildman–Crippen MR) is 115 cm³/mol. The van der Waals surface area contributed by atoms with E-state index in [0.29, 0.717) is 6.54 Å². The largest absolute Gasteiger partial charge is 0.379 e. The van der Waals surface area contributed by atoms with Crippen molar-refractivity contribution in [2.75, 3.05) is 26.7 Å². The van der Waals surface area contributed by atoms with Gasteiger partial charge in [-0.25, -0.2) is 4.98 Å². The van der Waals surface area contributed by atoms with Crippen molar-refractivity contribution in [3.8, 4) is 0 Å². The van der Waals surface area contributed by atoms with Gasteiger partial charge in [0.1, 0.15) is 0 Å². The molecule has 0 spiro atoms. The molecule has 1 heterocycles. The summed E-state index contributed by atoms with van der Waals surface area (Å²) in [5.41, 5.74) is 1.19. The SMILES string of the molecule is CCNC(=NCC(OC)C(C)(C)C)NCCCc1nc(C)cs1.I. The van der Waals surface area contributed by atoms with E-state index in [9.17, 15) is 0 Å². The number of aryl methyl sites for hydroxylation is 2. The molecule has 2 N–H and O–H groups in total. The van der Waals surface area contributed by atoms with Gasteiger partial charge < -0.3 is 15.4 Å². The van der Waals surface area contributed by atoms with Gasteiger partial charge in [0.25, 0.3) is 0 Å². The summed E-state index contributed by atoms with van der Waals surface area (Å²) < 4.78 is 5.56. The Morgan fingerprint density at radius 1 is 1.38 bits per heavy atom. The standard InChI is InChI=1S/C17H32N4OS.HI/c1-7-18-16(20-11-14(22-6)17(3,4)5)19-10-8-9-15-21-13(2)12-23-15;/h12,14H,7-11H2,1-6H3,(H2,18,19,20);1H. The van der Waals surface area contributed by atoms with Gasteiger partial charge in [-0.1, -0.05) is 20.8 Å². The number of hydrogen-bond donors (Lipinski definition) is 2. The summed E-state index contributed by atoms with van der Waals surface area (Å²) in [6, 6.07) is 0. The maximum atomic E-state index is 5.56. The highest BCUT2D eigenvalue weighted by atomic mass is 127. The molecule has 140 valence electrons. The summed E-state index contributed by atoms with van der Waals surface area (Å²) in [7, 11) is 1.75. The summed E-state index contributed by atoms with van der Waals surface area (Å²) >= 11 is 1.74. The third-order valence-electron chi connectivity index (χ3n) is 3.54. The van der Waals surface area contributed by atoms with E-state index in [0.717, 1.165) is 37.6 Å². The number of aromatic nitrogens is 1. The maximum Gasteiger partial charge on any atom is 0.191 e. The molecule has 24 heavy (non-hydrogen) atoms. The molecule has 7 heteroatoms. The maximum absolute atomic E-state index is 5.56. The van der Waals surface area contributed by atoms with Gasteiger partial charge in [-0.2, -0.15) is 0 Å². The van der Waals surface area contributed by atoms with Gasteiger partial charge in [0.05, 0.1) is 17.7 Å². The van der Waals surface area contributed by atoms with E-state index in [-0.39, 0.29) is 35.5 Å². The fourth-order valence-corrected chi connectivity index (χ4v) is 3.00. The second-order valence-electron chi connectivity index (χ2n) is 6.72. The van der Waals surface area contributed by atoms with E-state index in [1.54, 1.807) is 18.4 Å². The van der Waals surface area contributed by atoms with Gasteiger partial charge in [-0.3, -0.25) is 4.99 Å². The molecule has 0 bridgehead atoms. The minimum Gasteiger partial charge on any atom is -0.379 e. The van der Waals surface area contributed by atoms with Crippen LogP contribution < -0.4 is 10.6 Å². The molecule has 0 fully saturated rings. The molecular weight excluding hydrogens is 435 g/mol. The number of hydrogen-bond acceptors (Lipinski definition) is 4. The fraction of sp³-hybridized carbons (Fsp3) is 0.765. The predicted octanol–water partition coefficient (Wildman–Crippen LogP) is 3.62. The lowest BCUT2D eigenvalue weighted by molar-refractivity contribution is 0.0241. The minimum atomic E-state index is 0. The number of nitrogens with zero attached hydrogens (tertiary/aromatic N) is 2. The van der Waals surface area contributed by atoms with Crippen LogP contribution in [0.1, 0.15) is 44.8 Å². The highest BCUT2D eigenvalue weighted by Crippen LogP contribution is 2.21. The number of thiazole rings is 1. The molecule has 0 amide bonds. The molecule has 0 aliphatic rings. The Hall–Kier alpha value is -0.410. The van der Waals surface area contributed by atoms with Crippen molar-refractivity contribution in [1.29, 1.82) is 0 Å². The van der Waals surface area contributed by atoms with Crippen LogP contribution >= 0.6 is 35.3 Å². The van der Waals surface area contributed by atoms with Crippen LogP contribution in [0.2, 0.25) is 0 Å². The third-order valence-corrected chi connectivity index (χ3v) is 4.56. The molecule has 1 aromatic rings. The zero-order chi connectivity index (χ0) is 17.3. The molecule has 5 nitrogen and oxygen atoms in total. The first kappa shape index (κ1) is 23.6. The smallest absolute Gasteiger partial charge is 0.191 e. The van der Waals surface area contributed by atoms with Crippen LogP contribution in [0.3, 0.4) is 0 Å². The van der Waals surface area contributed by atoms with E-state index >= 15 is 0 Å². The molecule has 1 rings (SSSR count). The van der Waals surface area contributed by atoms with Crippen molar-refractivity contribution in [1.82, 2.24) is 15.6 Å². The Morgan fingerprint density at radius 2 is 2.08 bits per heavy atom. The normalized spacial score (nSPS) is 13.3. The van der Waals surface area contributed by atoms with Gasteiger partial charge >= 0.3 is 0 Å². The van der Waals surface area contributed by atoms with E-state index in [1.165, 1.54) is 5.01 Å². The zero-order valence-electron chi connectivity index (χ0n) is 15.8. The van der Waals surface area contributed by atoms with Gasteiger partial charge in [0.15, 0.2) is 5.96 Å². The van der Waals surface area contributed by atoms with Crippen LogP contribution in [0.15, 0.2) is 10.4 Å². The van der Waals surface area contributed by atoms with Crippen LogP contribution in [0.4, 0.5) is 0 Å². The monoisotopic (exact) mass is 468 g/mol. The van der Waals surface area contributed by atoms with Crippen LogP contribution in [0.5, 0.6) is 0 Å². The summed E-state index contributed by atoms with van der Waals surface area (Å²) in [5.74, 6) is 0.856. The third kappa shape index (κ3) is 9.17. The number of methoxy groups -OCH3 is 1. The number of guanidine groups is 1. The fourth-order valence-electron chi connectivity index (χ4n) is 2.18. The van der Waals surface area contributed by atoms with Crippen molar-refractivity contribution in [3.05, 3.63) is 16.1 Å². The van der Waals surface area contributed by atoms with Crippen LogP contribution in [0.25, 0.3) is 0 Å². The Kier molecular flexibility index (Phi) is 11.8. The highest BCUT2D eigenvalue weighted by Gasteiger charge is 2.24. The lowest BCUT2D eigenvalue weighted by Crippen LogP contribution is -2.39. The Labute approximate surface area is 168 Å². The lowest BCUT2D eigenvalue weighted by Gasteiger charge is -2.28. The number of nitrogens with one attached hydrogen (secondary N) is 2. The summed E-state index contributed by atoms with van der Waals surface area (Å²) in [6.45, 7) is 13.0. The topological polar surface area (TPSA) is 58.5 Å². The number of halogens is 1. The summed E-state index contributed by atoms with van der Waals surface area (Å²) in [6.07, 6.45) is 2.16. The average molecular weight is 468 g/mol. The van der Waals surface area contributed by atoms with Crippen molar-refractivity contribution in [2.45, 2.75) is 53.6 Å². The first-order valence-corrected chi connectivity index (χ1v) is 9.20. The van der Waals surface area contributed by atoms with E-state index in [2.05, 4.69) is 53.7 Å². The first-order valence-electron chi connectivity index (χ1n) is 8.32. The van der Waals surface area contributed by atoms with Crippen molar-refractivity contribution in [2.24, 2.45) is 10.4 Å². The van der Waals surface area contributed by atoms with Gasteiger partial charge in [0.2, 0.25) is 0 Å². The van der Waals surface area contributed by atoms with Crippen LogP contribution in [-0.4, -0.2) is 43.8 Å². The minimum absolute atomic E-state index is 0. The molecule has 0 aliphatic carbocycles. The molecule has 1 unspecified atom stereocenters. The van der Waals surface area contributed by atoms with E-state index in [1.807, 2.05) is 6.92 Å². The molecule has 0 aliphatic heterocycles. The lowest BCUT2D eigenvalue weighted by atomic mass is 9.89. The quantitative estimate of drug-likeness (QED) is 0.265. The van der Waals surface area contributed by atoms with Gasteiger partial charge in [-0.15, -0.1) is 35.3 Å². The van der Waals surface area contributed by atoms with Crippen LogP contribution in [0, 0.1) is 12.3 Å². The highest BCUT2D eigenvalue weighted by molar-refractivity contribution is 14.0. The molecule has 0 radical (unpaired) electrons. The summed E-state index contributed by atoms with van der Waals surface area (Å²) in [4.78, 5) is 9.15. The Balaban J connectivity index is 0.00000529. The Morgan fingerprint density at radius 3 is 2.58 bits per heavy atom. The zero-order valence-corrected chi connectivity index (χ0v) is 19.0. The molecule has 0 saturated heterocycles. The number of aliphatic imine (C=N–C) groups is 1. The molecule has 1 aromatic heterocycles. The molecule has 1 atom stereocenters. The van der Waals surface area contributed by atoms with Gasteiger partial charge in [-0.05, 0) is 25.7 Å². The molecule has 0 saturated carbocycles. The molecule has 0 aromatic carbocycles. The van der Waals surface area contributed by atoms with E-state index < -0.39 is 0 Å². The van der Waals surface area contributed by atoms with Crippen molar-refractivity contribution < 1.29 is 4.74 Å². The van der Waals surface area contributed by atoms with Gasteiger partial charge in [0, 0.05) is 37.7 Å². The number of rotatable bonds is 8. The second kappa shape index (κ2) is 12.0. The first-order chi connectivity index (χ1) is 10.9.